The largest absolute Gasteiger partial charge is 0.481 e. The van der Waals surface area contributed by atoms with Crippen LogP contribution in [-0.2, 0) is 16.0 Å². The van der Waals surface area contributed by atoms with Crippen molar-refractivity contribution in [2.75, 3.05) is 11.9 Å². The molecule has 1 fully saturated rings. The average molecular weight is 330 g/mol. The average Bonchev–Trinajstić information content (AvgIpc) is 2.59. The molecule has 0 radical (unpaired) electrons. The van der Waals surface area contributed by atoms with E-state index in [1.54, 1.807) is 12.1 Å². The lowest BCUT2D eigenvalue weighted by Gasteiger charge is -2.36. The summed E-state index contributed by atoms with van der Waals surface area (Å²) in [6.07, 6.45) is 4.52. The first kappa shape index (κ1) is 16.5. The number of carboxylic acid groups (broad SMARTS) is 1. The predicted molar refractivity (Wildman–Crippen MR) is 88.9 cm³/mol. The normalized spacial score (nSPS) is 20.2. The molecular formula is C18H22N2O4. The number of benzene rings is 1. The van der Waals surface area contributed by atoms with Gasteiger partial charge >= 0.3 is 5.97 Å². The molecule has 1 saturated heterocycles. The number of nitrogens with one attached hydrogen (secondary N) is 1. The Labute approximate surface area is 140 Å². The fourth-order valence-corrected chi connectivity index (χ4v) is 3.54. The van der Waals surface area contributed by atoms with Gasteiger partial charge in [-0.3, -0.25) is 14.4 Å². The number of hydrogen-bond donors (Lipinski definition) is 2. The molecule has 0 aromatic heterocycles. The molecular weight excluding hydrogens is 308 g/mol. The number of aliphatic carboxylic acids is 1. The lowest BCUT2D eigenvalue weighted by Crippen LogP contribution is -2.44. The van der Waals surface area contributed by atoms with Crippen LogP contribution in [0.25, 0.3) is 0 Å². The van der Waals surface area contributed by atoms with Crippen molar-refractivity contribution in [3.63, 3.8) is 0 Å². The van der Waals surface area contributed by atoms with Crippen molar-refractivity contribution in [3.05, 3.63) is 29.3 Å². The van der Waals surface area contributed by atoms with E-state index in [0.29, 0.717) is 31.4 Å². The van der Waals surface area contributed by atoms with Gasteiger partial charge in [-0.1, -0.05) is 0 Å². The van der Waals surface area contributed by atoms with Gasteiger partial charge in [-0.05, 0) is 55.9 Å². The second-order valence-electron chi connectivity index (χ2n) is 6.50. The Balaban J connectivity index is 1.76. The molecule has 1 unspecified atom stereocenters. The van der Waals surface area contributed by atoms with Gasteiger partial charge in [0.05, 0.1) is 0 Å². The van der Waals surface area contributed by atoms with Crippen LogP contribution in [0.5, 0.6) is 0 Å². The maximum absolute atomic E-state index is 12.9. The second kappa shape index (κ2) is 7.03. The summed E-state index contributed by atoms with van der Waals surface area (Å²) >= 11 is 0. The summed E-state index contributed by atoms with van der Waals surface area (Å²) in [5.74, 6) is -0.853. The molecule has 1 atom stereocenters. The first-order valence-corrected chi connectivity index (χ1v) is 8.50. The van der Waals surface area contributed by atoms with E-state index < -0.39 is 5.97 Å². The third-order valence-corrected chi connectivity index (χ3v) is 4.83. The summed E-state index contributed by atoms with van der Waals surface area (Å²) < 4.78 is 0. The molecule has 6 heteroatoms. The molecule has 24 heavy (non-hydrogen) atoms. The number of piperidine rings is 1. The Bertz CT molecular complexity index is 671. The molecule has 1 aromatic rings. The van der Waals surface area contributed by atoms with Crippen LogP contribution in [0.15, 0.2) is 18.2 Å². The Morgan fingerprint density at radius 1 is 1.25 bits per heavy atom. The van der Waals surface area contributed by atoms with Crippen molar-refractivity contribution in [2.24, 2.45) is 0 Å². The summed E-state index contributed by atoms with van der Waals surface area (Å²) in [4.78, 5) is 37.0. The third-order valence-electron chi connectivity index (χ3n) is 4.83. The van der Waals surface area contributed by atoms with E-state index in [1.807, 2.05) is 11.0 Å². The highest BCUT2D eigenvalue weighted by Crippen LogP contribution is 2.27. The van der Waals surface area contributed by atoms with Crippen molar-refractivity contribution in [1.82, 2.24) is 4.90 Å². The van der Waals surface area contributed by atoms with E-state index in [1.165, 1.54) is 0 Å². The van der Waals surface area contributed by atoms with Gasteiger partial charge in [0, 0.05) is 36.7 Å². The van der Waals surface area contributed by atoms with Crippen LogP contribution < -0.4 is 5.32 Å². The number of hydrogen-bond acceptors (Lipinski definition) is 3. The number of nitrogens with zero attached hydrogens (tertiary/aromatic N) is 1. The number of rotatable bonds is 4. The minimum atomic E-state index is -0.822. The third kappa shape index (κ3) is 3.58. The van der Waals surface area contributed by atoms with E-state index in [9.17, 15) is 14.4 Å². The van der Waals surface area contributed by atoms with Crippen LogP contribution in [0.2, 0.25) is 0 Å². The van der Waals surface area contributed by atoms with Crippen LogP contribution in [0.1, 0.15) is 54.4 Å². The SMILES string of the molecule is O=C(O)CCC1CCCCN1C(=O)c1ccc2c(c1)CCC(=O)N2. The maximum Gasteiger partial charge on any atom is 0.303 e. The Hall–Kier alpha value is -2.37. The van der Waals surface area contributed by atoms with E-state index in [-0.39, 0.29) is 24.3 Å². The number of fused-ring (bicyclic) bond motifs is 1. The van der Waals surface area contributed by atoms with Gasteiger partial charge in [0.25, 0.3) is 5.91 Å². The number of carboxylic acids is 1. The highest BCUT2D eigenvalue weighted by molar-refractivity contribution is 5.98. The maximum atomic E-state index is 12.9. The molecule has 2 amide bonds. The standard InChI is InChI=1S/C18H22N2O4/c21-16-8-5-12-11-13(4-7-15(12)19-16)18(24)20-10-2-1-3-14(20)6-9-17(22)23/h4,7,11,14H,1-3,5-6,8-10H2,(H,19,21)(H,22,23). The molecule has 6 nitrogen and oxygen atoms in total. The van der Waals surface area contributed by atoms with E-state index in [2.05, 4.69) is 5.32 Å². The van der Waals surface area contributed by atoms with Crippen LogP contribution in [-0.4, -0.2) is 40.4 Å². The Kier molecular flexibility index (Phi) is 4.83. The van der Waals surface area contributed by atoms with Crippen molar-refractivity contribution in [2.45, 2.75) is 51.0 Å². The topological polar surface area (TPSA) is 86.7 Å². The summed E-state index contributed by atoms with van der Waals surface area (Å²) in [5, 5.41) is 11.7. The molecule has 128 valence electrons. The lowest BCUT2D eigenvalue weighted by molar-refractivity contribution is -0.137. The zero-order valence-electron chi connectivity index (χ0n) is 13.6. The van der Waals surface area contributed by atoms with Crippen molar-refractivity contribution < 1.29 is 19.5 Å². The predicted octanol–water partition coefficient (Wildman–Crippen LogP) is 2.43. The van der Waals surface area contributed by atoms with Crippen LogP contribution in [0.4, 0.5) is 5.69 Å². The smallest absolute Gasteiger partial charge is 0.303 e. The Morgan fingerprint density at radius 3 is 2.88 bits per heavy atom. The minimum Gasteiger partial charge on any atom is -0.481 e. The second-order valence-corrected chi connectivity index (χ2v) is 6.50. The minimum absolute atomic E-state index is 0.00177. The first-order valence-electron chi connectivity index (χ1n) is 8.50. The van der Waals surface area contributed by atoms with Gasteiger partial charge in [-0.15, -0.1) is 0 Å². The lowest BCUT2D eigenvalue weighted by atomic mass is 9.95. The van der Waals surface area contributed by atoms with Gasteiger partial charge in [-0.25, -0.2) is 0 Å². The number of likely N-dealkylation sites (tertiary alicyclic amines) is 1. The molecule has 0 saturated carbocycles. The summed E-state index contributed by atoms with van der Waals surface area (Å²) in [6, 6.07) is 5.39. The van der Waals surface area contributed by atoms with Crippen LogP contribution >= 0.6 is 0 Å². The molecule has 2 heterocycles. The number of carbonyl (C=O) groups excluding carboxylic acids is 2. The Morgan fingerprint density at radius 2 is 2.08 bits per heavy atom. The molecule has 2 N–H and O–H groups in total. The monoisotopic (exact) mass is 330 g/mol. The number of carbonyl (C=O) groups is 3. The number of amides is 2. The van der Waals surface area contributed by atoms with E-state index >= 15 is 0 Å². The van der Waals surface area contributed by atoms with E-state index in [4.69, 9.17) is 5.11 Å². The fraction of sp³-hybridized carbons (Fsp3) is 0.500. The van der Waals surface area contributed by atoms with Gasteiger partial charge < -0.3 is 15.3 Å². The number of anilines is 1. The summed E-state index contributed by atoms with van der Waals surface area (Å²) in [7, 11) is 0. The molecule has 0 aliphatic carbocycles. The van der Waals surface area contributed by atoms with Gasteiger partial charge in [0.1, 0.15) is 0 Å². The van der Waals surface area contributed by atoms with Crippen LogP contribution in [0.3, 0.4) is 0 Å². The van der Waals surface area contributed by atoms with Gasteiger partial charge in [-0.2, -0.15) is 0 Å². The quantitative estimate of drug-likeness (QED) is 0.888. The fourth-order valence-electron chi connectivity index (χ4n) is 3.54. The molecule has 2 aliphatic rings. The number of aryl methyl sites for hydroxylation is 1. The van der Waals surface area contributed by atoms with E-state index in [0.717, 1.165) is 30.5 Å². The van der Waals surface area contributed by atoms with Crippen molar-refractivity contribution >= 4 is 23.5 Å². The van der Waals surface area contributed by atoms with Crippen LogP contribution in [0, 0.1) is 0 Å². The van der Waals surface area contributed by atoms with Crippen molar-refractivity contribution in [3.8, 4) is 0 Å². The first-order chi connectivity index (χ1) is 11.5. The highest BCUT2D eigenvalue weighted by Gasteiger charge is 2.28. The van der Waals surface area contributed by atoms with Crippen molar-refractivity contribution in [1.29, 1.82) is 0 Å². The molecule has 0 spiro atoms. The van der Waals surface area contributed by atoms with Gasteiger partial charge in [0.2, 0.25) is 5.91 Å². The molecule has 2 aliphatic heterocycles. The molecule has 1 aromatic carbocycles. The molecule has 3 rings (SSSR count). The van der Waals surface area contributed by atoms with Gasteiger partial charge in [0.15, 0.2) is 0 Å². The molecule has 0 bridgehead atoms. The highest BCUT2D eigenvalue weighted by atomic mass is 16.4. The zero-order chi connectivity index (χ0) is 17.1. The summed E-state index contributed by atoms with van der Waals surface area (Å²) in [5.41, 5.74) is 2.38. The zero-order valence-corrected chi connectivity index (χ0v) is 13.6. The summed E-state index contributed by atoms with van der Waals surface area (Å²) in [6.45, 7) is 0.678.